The van der Waals surface area contributed by atoms with Crippen LogP contribution < -0.4 is 10.6 Å². The van der Waals surface area contributed by atoms with Crippen molar-refractivity contribution in [3.63, 3.8) is 0 Å². The summed E-state index contributed by atoms with van der Waals surface area (Å²) in [6.45, 7) is 8.54. The predicted octanol–water partition coefficient (Wildman–Crippen LogP) is 1.90. The van der Waals surface area contributed by atoms with Crippen LogP contribution in [-0.2, 0) is 17.9 Å². The van der Waals surface area contributed by atoms with Gasteiger partial charge >= 0.3 is 0 Å². The number of aromatic nitrogens is 1. The molecule has 0 saturated heterocycles. The summed E-state index contributed by atoms with van der Waals surface area (Å²) in [5, 5.41) is 6.42. The first kappa shape index (κ1) is 14.1. The van der Waals surface area contributed by atoms with Crippen molar-refractivity contribution in [2.75, 3.05) is 6.54 Å². The van der Waals surface area contributed by atoms with E-state index in [2.05, 4.69) is 37.5 Å². The van der Waals surface area contributed by atoms with Gasteiger partial charge in [0.15, 0.2) is 0 Å². The van der Waals surface area contributed by atoms with Crippen LogP contribution in [0.5, 0.6) is 0 Å². The third-order valence-electron chi connectivity index (χ3n) is 3.25. The van der Waals surface area contributed by atoms with Crippen LogP contribution in [-0.4, -0.2) is 22.6 Å². The molecule has 0 aromatic carbocycles. The molecular formula is C15H25N3O. The molecule has 0 atom stereocenters. The third-order valence-corrected chi connectivity index (χ3v) is 3.25. The summed E-state index contributed by atoms with van der Waals surface area (Å²) >= 11 is 0. The normalized spacial score (nSPS) is 15.5. The topological polar surface area (TPSA) is 46.1 Å². The first-order valence-corrected chi connectivity index (χ1v) is 7.09. The average Bonchev–Trinajstić information content (AvgIpc) is 3.04. The summed E-state index contributed by atoms with van der Waals surface area (Å²) in [5.41, 5.74) is 1.33. The van der Waals surface area contributed by atoms with Gasteiger partial charge in [-0.3, -0.25) is 4.79 Å². The Labute approximate surface area is 115 Å². The van der Waals surface area contributed by atoms with Crippen LogP contribution in [0.1, 0.15) is 39.2 Å². The van der Waals surface area contributed by atoms with Gasteiger partial charge in [-0.05, 0) is 51.2 Å². The fourth-order valence-corrected chi connectivity index (χ4v) is 1.86. The molecule has 1 aliphatic carbocycles. The van der Waals surface area contributed by atoms with E-state index in [0.29, 0.717) is 6.54 Å². The first-order chi connectivity index (χ1) is 8.92. The van der Waals surface area contributed by atoms with Gasteiger partial charge < -0.3 is 15.2 Å². The zero-order chi connectivity index (χ0) is 13.9. The fourth-order valence-electron chi connectivity index (χ4n) is 1.86. The van der Waals surface area contributed by atoms with E-state index in [9.17, 15) is 4.79 Å². The number of hydrogen-bond acceptors (Lipinski definition) is 2. The quantitative estimate of drug-likeness (QED) is 0.823. The van der Waals surface area contributed by atoms with Crippen LogP contribution in [0.4, 0.5) is 0 Å². The van der Waals surface area contributed by atoms with Crippen LogP contribution in [0.3, 0.4) is 0 Å². The van der Waals surface area contributed by atoms with Gasteiger partial charge in [0.25, 0.3) is 0 Å². The zero-order valence-electron chi connectivity index (χ0n) is 12.2. The van der Waals surface area contributed by atoms with Crippen LogP contribution in [0, 0.1) is 5.92 Å². The number of carbonyl (C=O) groups is 1. The Morgan fingerprint density at radius 2 is 2.16 bits per heavy atom. The largest absolute Gasteiger partial charge is 0.354 e. The van der Waals surface area contributed by atoms with E-state index in [1.165, 1.54) is 18.4 Å². The lowest BCUT2D eigenvalue weighted by Crippen LogP contribution is -2.34. The molecule has 1 aromatic rings. The molecule has 2 rings (SSSR count). The molecular weight excluding hydrogens is 238 g/mol. The van der Waals surface area contributed by atoms with Crippen molar-refractivity contribution in [3.05, 3.63) is 24.0 Å². The highest BCUT2D eigenvalue weighted by Crippen LogP contribution is 2.27. The monoisotopic (exact) mass is 263 g/mol. The van der Waals surface area contributed by atoms with Crippen molar-refractivity contribution >= 4 is 5.91 Å². The molecule has 0 spiro atoms. The lowest BCUT2D eigenvalue weighted by molar-refractivity contribution is -0.121. The number of nitrogens with one attached hydrogen (secondary N) is 2. The van der Waals surface area contributed by atoms with E-state index in [-0.39, 0.29) is 11.4 Å². The summed E-state index contributed by atoms with van der Waals surface area (Å²) in [6.07, 6.45) is 6.55. The third kappa shape index (κ3) is 5.47. The van der Waals surface area contributed by atoms with Crippen molar-refractivity contribution in [2.45, 2.75) is 52.2 Å². The maximum absolute atomic E-state index is 11.7. The van der Waals surface area contributed by atoms with Crippen molar-refractivity contribution < 1.29 is 4.79 Å². The number of rotatable bonds is 6. The van der Waals surface area contributed by atoms with Crippen LogP contribution >= 0.6 is 0 Å². The minimum Gasteiger partial charge on any atom is -0.354 e. The molecule has 0 aliphatic heterocycles. The molecule has 1 aromatic heterocycles. The van der Waals surface area contributed by atoms with Gasteiger partial charge in [0.05, 0.1) is 0 Å². The van der Waals surface area contributed by atoms with Gasteiger partial charge in [-0.2, -0.15) is 0 Å². The fraction of sp³-hybridized carbons (Fsp3) is 0.667. The molecule has 1 aliphatic rings. The van der Waals surface area contributed by atoms with Gasteiger partial charge in [-0.15, -0.1) is 0 Å². The summed E-state index contributed by atoms with van der Waals surface area (Å²) in [4.78, 5) is 11.7. The Morgan fingerprint density at radius 3 is 2.79 bits per heavy atom. The lowest BCUT2D eigenvalue weighted by Gasteiger charge is -2.19. The zero-order valence-corrected chi connectivity index (χ0v) is 12.2. The maximum Gasteiger partial charge on any atom is 0.239 e. The smallest absolute Gasteiger partial charge is 0.239 e. The molecule has 0 radical (unpaired) electrons. The van der Waals surface area contributed by atoms with Crippen LogP contribution in [0.15, 0.2) is 18.5 Å². The number of amides is 1. The van der Waals surface area contributed by atoms with E-state index in [4.69, 9.17) is 0 Å². The van der Waals surface area contributed by atoms with Crippen molar-refractivity contribution in [1.82, 2.24) is 15.2 Å². The predicted molar refractivity (Wildman–Crippen MR) is 76.8 cm³/mol. The second-order valence-electron chi connectivity index (χ2n) is 6.54. The van der Waals surface area contributed by atoms with Crippen LogP contribution in [0.2, 0.25) is 0 Å². The van der Waals surface area contributed by atoms with E-state index < -0.39 is 0 Å². The molecule has 0 unspecified atom stereocenters. The molecule has 2 N–H and O–H groups in total. The highest BCUT2D eigenvalue weighted by atomic mass is 16.1. The summed E-state index contributed by atoms with van der Waals surface area (Å²) in [6, 6.07) is 2.06. The number of carbonyl (C=O) groups excluding carboxylic acids is 1. The molecule has 106 valence electrons. The summed E-state index contributed by atoms with van der Waals surface area (Å²) in [5.74, 6) is 0.845. The van der Waals surface area contributed by atoms with Crippen molar-refractivity contribution in [2.24, 2.45) is 5.92 Å². The molecule has 4 nitrogen and oxygen atoms in total. The van der Waals surface area contributed by atoms with Crippen LogP contribution in [0.25, 0.3) is 0 Å². The second-order valence-corrected chi connectivity index (χ2v) is 6.54. The number of hydrogen-bond donors (Lipinski definition) is 2. The number of nitrogens with zero attached hydrogens (tertiary/aromatic N) is 1. The Morgan fingerprint density at radius 1 is 1.42 bits per heavy atom. The molecule has 19 heavy (non-hydrogen) atoms. The molecule has 0 bridgehead atoms. The standard InChI is InChI=1S/C15H25N3O/c1-15(2,3)17-9-13-6-7-18(10-13)11-14(19)16-8-12-4-5-12/h6-7,10,12,17H,4-5,8-9,11H2,1-3H3,(H,16,19). The molecule has 1 amide bonds. The van der Waals surface area contributed by atoms with E-state index >= 15 is 0 Å². The van der Waals surface area contributed by atoms with Gasteiger partial charge in [0.1, 0.15) is 6.54 Å². The molecule has 1 fully saturated rings. The van der Waals surface area contributed by atoms with Gasteiger partial charge in [0, 0.05) is 31.0 Å². The molecule has 1 heterocycles. The van der Waals surface area contributed by atoms with Gasteiger partial charge in [-0.25, -0.2) is 0 Å². The minimum atomic E-state index is 0.109. The van der Waals surface area contributed by atoms with E-state index in [1.807, 2.05) is 17.0 Å². The Kier molecular flexibility index (Phi) is 4.30. The van der Waals surface area contributed by atoms with Crippen molar-refractivity contribution in [1.29, 1.82) is 0 Å². The highest BCUT2D eigenvalue weighted by Gasteiger charge is 2.21. The maximum atomic E-state index is 11.7. The summed E-state index contributed by atoms with van der Waals surface area (Å²) < 4.78 is 1.95. The van der Waals surface area contributed by atoms with Crippen molar-refractivity contribution in [3.8, 4) is 0 Å². The SMILES string of the molecule is CC(C)(C)NCc1ccn(CC(=O)NCC2CC2)c1. The Hall–Kier alpha value is -1.29. The van der Waals surface area contributed by atoms with E-state index in [1.54, 1.807) is 0 Å². The van der Waals surface area contributed by atoms with E-state index in [0.717, 1.165) is 19.0 Å². The van der Waals surface area contributed by atoms with Gasteiger partial charge in [-0.1, -0.05) is 0 Å². The lowest BCUT2D eigenvalue weighted by atomic mass is 10.1. The Balaban J connectivity index is 1.74. The molecule has 4 heteroatoms. The first-order valence-electron chi connectivity index (χ1n) is 7.09. The Bertz CT molecular complexity index is 427. The summed E-state index contributed by atoms with van der Waals surface area (Å²) in [7, 11) is 0. The molecule has 1 saturated carbocycles. The minimum absolute atomic E-state index is 0.109. The average molecular weight is 263 g/mol. The highest BCUT2D eigenvalue weighted by molar-refractivity contribution is 5.75. The second kappa shape index (κ2) is 5.78. The van der Waals surface area contributed by atoms with Gasteiger partial charge in [0.2, 0.25) is 5.91 Å².